The molecule has 0 saturated carbocycles. The van der Waals surface area contributed by atoms with Crippen LogP contribution >= 0.6 is 22.9 Å². The molecular formula is C17H14ClN5S. The van der Waals surface area contributed by atoms with Crippen LogP contribution in [0.25, 0.3) is 11.0 Å². The van der Waals surface area contributed by atoms with Gasteiger partial charge in [0.2, 0.25) is 0 Å². The van der Waals surface area contributed by atoms with Gasteiger partial charge < -0.3 is 10.7 Å². The zero-order valence-corrected chi connectivity index (χ0v) is 14.2. The lowest BCUT2D eigenvalue weighted by atomic mass is 10.1. The summed E-state index contributed by atoms with van der Waals surface area (Å²) in [6.07, 6.45) is 7.89. The highest BCUT2D eigenvalue weighted by Crippen LogP contribution is 2.32. The number of nitrogens with zero attached hydrogens (tertiary/aromatic N) is 3. The minimum atomic E-state index is -0.297. The van der Waals surface area contributed by atoms with E-state index in [0.717, 1.165) is 32.0 Å². The van der Waals surface area contributed by atoms with Crippen molar-refractivity contribution in [1.82, 2.24) is 19.9 Å². The fourth-order valence-corrected chi connectivity index (χ4v) is 3.97. The van der Waals surface area contributed by atoms with Crippen molar-refractivity contribution in [2.45, 2.75) is 12.5 Å². The number of fused-ring (bicyclic) bond motifs is 1. The van der Waals surface area contributed by atoms with E-state index < -0.39 is 0 Å². The van der Waals surface area contributed by atoms with Gasteiger partial charge in [0.05, 0.1) is 6.04 Å². The van der Waals surface area contributed by atoms with Gasteiger partial charge >= 0.3 is 0 Å². The Morgan fingerprint density at radius 3 is 2.88 bits per heavy atom. The van der Waals surface area contributed by atoms with Crippen LogP contribution in [0.15, 0.2) is 49.1 Å². The second kappa shape index (κ2) is 6.32. The number of nitrogens with two attached hydrogens (primary N) is 1. The molecule has 120 valence electrons. The molecule has 0 bridgehead atoms. The van der Waals surface area contributed by atoms with Crippen LogP contribution in [0.5, 0.6) is 0 Å². The Hall–Kier alpha value is -2.28. The van der Waals surface area contributed by atoms with Crippen LogP contribution < -0.4 is 5.73 Å². The molecule has 3 N–H and O–H groups in total. The van der Waals surface area contributed by atoms with Gasteiger partial charge in [0, 0.05) is 41.5 Å². The lowest BCUT2D eigenvalue weighted by molar-refractivity contribution is 0.854. The van der Waals surface area contributed by atoms with Gasteiger partial charge in [-0.25, -0.2) is 9.97 Å². The van der Waals surface area contributed by atoms with Crippen LogP contribution in [0.1, 0.15) is 27.1 Å². The number of aromatic nitrogens is 4. The molecule has 4 rings (SSSR count). The van der Waals surface area contributed by atoms with Crippen LogP contribution in [0.3, 0.4) is 0 Å². The third kappa shape index (κ3) is 2.80. The number of aromatic amines is 1. The summed E-state index contributed by atoms with van der Waals surface area (Å²) in [6.45, 7) is 0. The first-order valence-corrected chi connectivity index (χ1v) is 8.63. The van der Waals surface area contributed by atoms with Gasteiger partial charge in [0.15, 0.2) is 0 Å². The van der Waals surface area contributed by atoms with Gasteiger partial charge in [-0.05, 0) is 35.4 Å². The van der Waals surface area contributed by atoms with E-state index in [1.807, 2.05) is 30.5 Å². The highest BCUT2D eigenvalue weighted by molar-refractivity contribution is 7.12. The molecule has 0 aliphatic heterocycles. The number of thiazole rings is 1. The minimum absolute atomic E-state index is 0.297. The molecule has 7 heteroatoms. The SMILES string of the molecule is NC(c1ccncc1)c1nc(Cl)c(Cc2c[nH]c3ncccc23)s1. The Morgan fingerprint density at radius 2 is 2.04 bits per heavy atom. The molecule has 0 fully saturated rings. The van der Waals surface area contributed by atoms with E-state index in [0.29, 0.717) is 11.6 Å². The van der Waals surface area contributed by atoms with E-state index in [1.165, 1.54) is 0 Å². The van der Waals surface area contributed by atoms with Crippen molar-refractivity contribution in [3.63, 3.8) is 0 Å². The second-order valence-electron chi connectivity index (χ2n) is 5.41. The van der Waals surface area contributed by atoms with Crippen LogP contribution in [0.2, 0.25) is 5.15 Å². The van der Waals surface area contributed by atoms with E-state index in [2.05, 4.69) is 19.9 Å². The maximum absolute atomic E-state index is 6.35. The number of H-pyrrole nitrogens is 1. The number of rotatable bonds is 4. The number of halogens is 1. The van der Waals surface area contributed by atoms with Crippen molar-refractivity contribution in [3.05, 3.63) is 75.2 Å². The van der Waals surface area contributed by atoms with E-state index in [9.17, 15) is 0 Å². The lowest BCUT2D eigenvalue weighted by Gasteiger charge is -2.07. The van der Waals surface area contributed by atoms with E-state index in [-0.39, 0.29) is 6.04 Å². The average Bonchev–Trinajstić information content (AvgIpc) is 3.20. The minimum Gasteiger partial charge on any atom is -0.346 e. The molecule has 1 unspecified atom stereocenters. The summed E-state index contributed by atoms with van der Waals surface area (Å²) in [5, 5.41) is 2.42. The zero-order valence-electron chi connectivity index (χ0n) is 12.6. The fraction of sp³-hybridized carbons (Fsp3) is 0.118. The molecule has 0 saturated heterocycles. The van der Waals surface area contributed by atoms with Gasteiger partial charge in [-0.15, -0.1) is 11.3 Å². The Morgan fingerprint density at radius 1 is 1.21 bits per heavy atom. The largest absolute Gasteiger partial charge is 0.346 e. The summed E-state index contributed by atoms with van der Waals surface area (Å²) >= 11 is 7.90. The maximum Gasteiger partial charge on any atom is 0.143 e. The molecule has 24 heavy (non-hydrogen) atoms. The first kappa shape index (κ1) is 15.3. The summed E-state index contributed by atoms with van der Waals surface area (Å²) in [4.78, 5) is 17.0. The molecule has 5 nitrogen and oxygen atoms in total. The maximum atomic E-state index is 6.35. The number of hydrogen-bond donors (Lipinski definition) is 2. The Balaban J connectivity index is 1.64. The summed E-state index contributed by atoms with van der Waals surface area (Å²) < 4.78 is 0. The average molecular weight is 356 g/mol. The smallest absolute Gasteiger partial charge is 0.143 e. The Kier molecular flexibility index (Phi) is 4.02. The fourth-order valence-electron chi connectivity index (χ4n) is 2.64. The molecule has 4 aromatic rings. The summed E-state index contributed by atoms with van der Waals surface area (Å²) in [7, 11) is 0. The number of nitrogens with one attached hydrogen (secondary N) is 1. The molecule has 0 aromatic carbocycles. The summed E-state index contributed by atoms with van der Waals surface area (Å²) in [5.41, 5.74) is 9.30. The first-order chi connectivity index (χ1) is 11.7. The number of pyridine rings is 2. The van der Waals surface area contributed by atoms with Crippen molar-refractivity contribution in [2.75, 3.05) is 0 Å². The normalized spacial score (nSPS) is 12.6. The predicted octanol–water partition coefficient (Wildman–Crippen LogP) is 3.71. The van der Waals surface area contributed by atoms with Crippen LogP contribution in [-0.4, -0.2) is 19.9 Å². The van der Waals surface area contributed by atoms with Crippen LogP contribution in [0, 0.1) is 0 Å². The van der Waals surface area contributed by atoms with Crippen molar-refractivity contribution in [2.24, 2.45) is 5.73 Å². The van der Waals surface area contributed by atoms with E-state index >= 15 is 0 Å². The number of hydrogen-bond acceptors (Lipinski definition) is 5. The van der Waals surface area contributed by atoms with Gasteiger partial charge in [-0.1, -0.05) is 11.6 Å². The highest BCUT2D eigenvalue weighted by Gasteiger charge is 2.18. The molecule has 0 radical (unpaired) electrons. The predicted molar refractivity (Wildman–Crippen MR) is 96.3 cm³/mol. The molecule has 4 heterocycles. The van der Waals surface area contributed by atoms with E-state index in [4.69, 9.17) is 17.3 Å². The van der Waals surface area contributed by atoms with Gasteiger partial charge in [0.25, 0.3) is 0 Å². The van der Waals surface area contributed by atoms with Crippen molar-refractivity contribution >= 4 is 34.0 Å². The Labute approximate surface area is 147 Å². The standard InChI is InChI=1S/C17H14ClN5S/c18-15-13(8-11-9-22-16-12(11)2-1-5-21-16)24-17(23-15)14(19)10-3-6-20-7-4-10/h1-7,9,14H,8,19H2,(H,21,22). The molecule has 0 aliphatic carbocycles. The van der Waals surface area contributed by atoms with Gasteiger partial charge in [-0.3, -0.25) is 4.98 Å². The molecule has 0 aliphatic rings. The third-order valence-corrected chi connectivity index (χ3v) is 5.45. The molecular weight excluding hydrogens is 342 g/mol. The van der Waals surface area contributed by atoms with E-state index in [1.54, 1.807) is 29.9 Å². The molecule has 0 amide bonds. The monoisotopic (exact) mass is 355 g/mol. The topological polar surface area (TPSA) is 80.5 Å². The van der Waals surface area contributed by atoms with Gasteiger partial charge in [0.1, 0.15) is 15.8 Å². The van der Waals surface area contributed by atoms with Crippen LogP contribution in [0.4, 0.5) is 0 Å². The first-order valence-electron chi connectivity index (χ1n) is 7.44. The molecule has 0 spiro atoms. The third-order valence-electron chi connectivity index (χ3n) is 3.89. The highest BCUT2D eigenvalue weighted by atomic mass is 35.5. The second-order valence-corrected chi connectivity index (χ2v) is 6.89. The Bertz CT molecular complexity index is 979. The summed E-state index contributed by atoms with van der Waals surface area (Å²) in [6, 6.07) is 7.47. The van der Waals surface area contributed by atoms with Crippen molar-refractivity contribution < 1.29 is 0 Å². The van der Waals surface area contributed by atoms with Gasteiger partial charge in [-0.2, -0.15) is 0 Å². The van der Waals surface area contributed by atoms with Crippen LogP contribution in [-0.2, 0) is 6.42 Å². The summed E-state index contributed by atoms with van der Waals surface area (Å²) in [5.74, 6) is 0. The quantitative estimate of drug-likeness (QED) is 0.584. The molecule has 4 aromatic heterocycles. The zero-order chi connectivity index (χ0) is 16.5. The van der Waals surface area contributed by atoms with Crippen molar-refractivity contribution in [3.8, 4) is 0 Å². The molecule has 1 atom stereocenters. The van der Waals surface area contributed by atoms with Crippen molar-refractivity contribution in [1.29, 1.82) is 0 Å². The lowest BCUT2D eigenvalue weighted by Crippen LogP contribution is -2.11.